The van der Waals surface area contributed by atoms with Crippen molar-refractivity contribution in [2.24, 2.45) is 5.92 Å². The number of carbonyl (C=O) groups excluding carboxylic acids is 1. The fraction of sp³-hybridized carbons (Fsp3) is 0.529. The van der Waals surface area contributed by atoms with Gasteiger partial charge in [0.25, 0.3) is 0 Å². The van der Waals surface area contributed by atoms with Crippen molar-refractivity contribution < 1.29 is 9.90 Å². The maximum Gasteiger partial charge on any atom is 0.323 e. The number of rotatable bonds is 5. The van der Waals surface area contributed by atoms with E-state index in [2.05, 4.69) is 9.97 Å². The number of benzene rings is 1. The van der Waals surface area contributed by atoms with E-state index < -0.39 is 0 Å². The summed E-state index contributed by atoms with van der Waals surface area (Å²) in [4.78, 5) is 30.9. The fourth-order valence-electron chi connectivity index (χ4n) is 3.28. The third-order valence-corrected chi connectivity index (χ3v) is 4.57. The lowest BCUT2D eigenvalue weighted by Crippen LogP contribution is -2.40. The summed E-state index contributed by atoms with van der Waals surface area (Å²) in [6.07, 6.45) is 4.12. The third-order valence-electron chi connectivity index (χ3n) is 4.57. The zero-order chi connectivity index (χ0) is 16.2. The highest BCUT2D eigenvalue weighted by Gasteiger charge is 2.22. The smallest absolute Gasteiger partial charge is 0.323 e. The van der Waals surface area contributed by atoms with Crippen LogP contribution in [0.4, 0.5) is 0 Å². The van der Waals surface area contributed by atoms with Crippen LogP contribution in [0.15, 0.2) is 23.0 Å². The van der Waals surface area contributed by atoms with Gasteiger partial charge >= 0.3 is 5.69 Å². The summed E-state index contributed by atoms with van der Waals surface area (Å²) in [5.41, 5.74) is 2.53. The minimum atomic E-state index is -0.198. The van der Waals surface area contributed by atoms with Crippen molar-refractivity contribution in [3.05, 3.63) is 34.2 Å². The number of aromatic nitrogens is 2. The molecule has 3 rings (SSSR count). The van der Waals surface area contributed by atoms with Crippen LogP contribution in [0, 0.1) is 5.92 Å². The van der Waals surface area contributed by atoms with E-state index in [1.165, 1.54) is 0 Å². The SMILES string of the molecule is O=C(CCCc1ccc2[nH]c(=O)[nH]c2c1)N1CCCC(CO)C1. The van der Waals surface area contributed by atoms with Gasteiger partial charge in [-0.2, -0.15) is 0 Å². The van der Waals surface area contributed by atoms with Gasteiger partial charge in [0.1, 0.15) is 0 Å². The predicted molar refractivity (Wildman–Crippen MR) is 88.2 cm³/mol. The van der Waals surface area contributed by atoms with Gasteiger partial charge in [-0.3, -0.25) is 4.79 Å². The van der Waals surface area contributed by atoms with Gasteiger partial charge in [0, 0.05) is 26.1 Å². The number of H-pyrrole nitrogens is 2. The Morgan fingerprint density at radius 1 is 1.30 bits per heavy atom. The van der Waals surface area contributed by atoms with E-state index >= 15 is 0 Å². The van der Waals surface area contributed by atoms with Crippen LogP contribution in [-0.4, -0.2) is 45.6 Å². The molecule has 6 nitrogen and oxygen atoms in total. The first-order valence-corrected chi connectivity index (χ1v) is 8.25. The Bertz CT molecular complexity index is 734. The number of nitrogens with zero attached hydrogens (tertiary/aromatic N) is 1. The number of aromatic amines is 2. The summed E-state index contributed by atoms with van der Waals surface area (Å²) >= 11 is 0. The van der Waals surface area contributed by atoms with Crippen LogP contribution in [0.25, 0.3) is 11.0 Å². The molecule has 1 aromatic carbocycles. The van der Waals surface area contributed by atoms with Gasteiger partial charge in [0.2, 0.25) is 5.91 Å². The van der Waals surface area contributed by atoms with Crippen LogP contribution < -0.4 is 5.69 Å². The highest BCUT2D eigenvalue weighted by Crippen LogP contribution is 2.18. The summed E-state index contributed by atoms with van der Waals surface area (Å²) in [7, 11) is 0. The normalized spacial score (nSPS) is 18.5. The van der Waals surface area contributed by atoms with E-state index in [1.807, 2.05) is 23.1 Å². The van der Waals surface area contributed by atoms with Crippen molar-refractivity contribution in [3.63, 3.8) is 0 Å². The van der Waals surface area contributed by atoms with Crippen molar-refractivity contribution in [3.8, 4) is 0 Å². The molecule has 1 aliphatic rings. The first-order chi connectivity index (χ1) is 11.2. The third kappa shape index (κ3) is 3.82. The van der Waals surface area contributed by atoms with Gasteiger partial charge in [-0.05, 0) is 49.3 Å². The molecule has 0 radical (unpaired) electrons. The number of likely N-dealkylation sites (tertiary alicyclic amines) is 1. The second-order valence-corrected chi connectivity index (χ2v) is 6.34. The number of amides is 1. The molecule has 1 aliphatic heterocycles. The summed E-state index contributed by atoms with van der Waals surface area (Å²) in [5, 5.41) is 9.24. The molecule has 124 valence electrons. The number of hydrogen-bond acceptors (Lipinski definition) is 3. The number of nitrogens with one attached hydrogen (secondary N) is 2. The molecule has 0 bridgehead atoms. The Morgan fingerprint density at radius 2 is 2.13 bits per heavy atom. The average Bonchev–Trinajstić information content (AvgIpc) is 2.94. The van der Waals surface area contributed by atoms with Gasteiger partial charge in [0.05, 0.1) is 11.0 Å². The zero-order valence-electron chi connectivity index (χ0n) is 13.2. The summed E-state index contributed by atoms with van der Waals surface area (Å²) in [6, 6.07) is 5.83. The number of fused-ring (bicyclic) bond motifs is 1. The largest absolute Gasteiger partial charge is 0.396 e. The quantitative estimate of drug-likeness (QED) is 0.779. The minimum absolute atomic E-state index is 0.165. The van der Waals surface area contributed by atoms with Gasteiger partial charge < -0.3 is 20.0 Å². The van der Waals surface area contributed by atoms with E-state index in [0.717, 1.165) is 48.8 Å². The van der Waals surface area contributed by atoms with Crippen molar-refractivity contribution >= 4 is 16.9 Å². The molecular formula is C17H23N3O3. The lowest BCUT2D eigenvalue weighted by Gasteiger charge is -2.32. The average molecular weight is 317 g/mol. The van der Waals surface area contributed by atoms with Crippen molar-refractivity contribution in [2.45, 2.75) is 32.1 Å². The lowest BCUT2D eigenvalue weighted by atomic mass is 9.98. The maximum atomic E-state index is 12.3. The van der Waals surface area contributed by atoms with Gasteiger partial charge in [-0.15, -0.1) is 0 Å². The number of imidazole rings is 1. The number of aliphatic hydroxyl groups is 1. The number of aryl methyl sites for hydroxylation is 1. The Kier molecular flexibility index (Phi) is 4.81. The lowest BCUT2D eigenvalue weighted by molar-refractivity contribution is -0.133. The molecule has 0 aliphatic carbocycles. The molecule has 2 aromatic rings. The summed E-state index contributed by atoms with van der Waals surface area (Å²) in [5.74, 6) is 0.416. The van der Waals surface area contributed by atoms with Crippen LogP contribution in [0.3, 0.4) is 0 Å². The Balaban J connectivity index is 1.51. The van der Waals surface area contributed by atoms with Crippen LogP contribution in [0.5, 0.6) is 0 Å². The van der Waals surface area contributed by atoms with Gasteiger partial charge in [0.15, 0.2) is 0 Å². The molecule has 3 N–H and O–H groups in total. The van der Waals surface area contributed by atoms with Crippen molar-refractivity contribution in [1.82, 2.24) is 14.9 Å². The van der Waals surface area contributed by atoms with Crippen molar-refractivity contribution in [2.75, 3.05) is 19.7 Å². The minimum Gasteiger partial charge on any atom is -0.396 e. The molecule has 1 amide bonds. The van der Waals surface area contributed by atoms with Crippen molar-refractivity contribution in [1.29, 1.82) is 0 Å². The van der Waals surface area contributed by atoms with E-state index in [4.69, 9.17) is 0 Å². The number of hydrogen-bond donors (Lipinski definition) is 3. The van der Waals surface area contributed by atoms with Gasteiger partial charge in [-0.1, -0.05) is 6.07 Å². The highest BCUT2D eigenvalue weighted by molar-refractivity contribution is 5.76. The number of carbonyl (C=O) groups is 1. The molecule has 1 fully saturated rings. The first kappa shape index (κ1) is 15.8. The molecule has 0 spiro atoms. The molecule has 6 heteroatoms. The molecule has 1 aromatic heterocycles. The van der Waals surface area contributed by atoms with Crippen LogP contribution in [0.2, 0.25) is 0 Å². The summed E-state index contributed by atoms with van der Waals surface area (Å²) < 4.78 is 0. The van der Waals surface area contributed by atoms with Crippen LogP contribution >= 0.6 is 0 Å². The van der Waals surface area contributed by atoms with Crippen LogP contribution in [0.1, 0.15) is 31.2 Å². The van der Waals surface area contributed by atoms with Gasteiger partial charge in [-0.25, -0.2) is 4.79 Å². The number of aliphatic hydroxyl groups excluding tert-OH is 1. The Labute approximate surface area is 134 Å². The Morgan fingerprint density at radius 3 is 2.96 bits per heavy atom. The second kappa shape index (κ2) is 7.00. The molecule has 23 heavy (non-hydrogen) atoms. The second-order valence-electron chi connectivity index (χ2n) is 6.34. The molecular weight excluding hydrogens is 294 g/mol. The van der Waals surface area contributed by atoms with E-state index in [9.17, 15) is 14.7 Å². The number of piperidine rings is 1. The standard InChI is InChI=1S/C17H23N3O3/c21-11-13-4-2-8-20(10-13)16(22)5-1-3-12-6-7-14-15(9-12)19-17(23)18-14/h6-7,9,13,21H,1-5,8,10-11H2,(H2,18,19,23). The van der Waals surface area contributed by atoms with Crippen LogP contribution in [-0.2, 0) is 11.2 Å². The molecule has 0 saturated carbocycles. The Hall–Kier alpha value is -2.08. The summed E-state index contributed by atoms with van der Waals surface area (Å²) in [6.45, 7) is 1.66. The molecule has 1 saturated heterocycles. The van der Waals surface area contributed by atoms with E-state index in [-0.39, 0.29) is 24.1 Å². The highest BCUT2D eigenvalue weighted by atomic mass is 16.3. The topological polar surface area (TPSA) is 89.2 Å². The predicted octanol–water partition coefficient (Wildman–Crippen LogP) is 1.41. The fourth-order valence-corrected chi connectivity index (χ4v) is 3.28. The first-order valence-electron chi connectivity index (χ1n) is 8.25. The zero-order valence-corrected chi connectivity index (χ0v) is 13.2. The monoisotopic (exact) mass is 317 g/mol. The molecule has 1 atom stereocenters. The molecule has 1 unspecified atom stereocenters. The molecule has 2 heterocycles. The maximum absolute atomic E-state index is 12.3. The van der Waals surface area contributed by atoms with E-state index in [0.29, 0.717) is 13.0 Å². The van der Waals surface area contributed by atoms with E-state index in [1.54, 1.807) is 0 Å².